The summed E-state index contributed by atoms with van der Waals surface area (Å²) in [7, 11) is 0. The number of nitrogens with one attached hydrogen (secondary N) is 1. The topological polar surface area (TPSA) is 54.2 Å². The molecule has 0 amide bonds. The molecular weight excluding hydrogens is 464 g/mol. The highest BCUT2D eigenvalue weighted by Gasteiger charge is 2.35. The molecule has 0 radical (unpaired) electrons. The van der Waals surface area contributed by atoms with E-state index >= 15 is 0 Å². The summed E-state index contributed by atoms with van der Waals surface area (Å²) in [6.45, 7) is 12.6. The normalized spacial score (nSPS) is 15.9. The second kappa shape index (κ2) is 9.36. The maximum atomic E-state index is 5.92. The third-order valence-electron chi connectivity index (χ3n) is 6.75. The predicted molar refractivity (Wildman–Crippen MR) is 150 cm³/mol. The van der Waals surface area contributed by atoms with Crippen LogP contribution in [0.5, 0.6) is 0 Å². The first-order valence-electron chi connectivity index (χ1n) is 12.1. The summed E-state index contributed by atoms with van der Waals surface area (Å²) >= 11 is 5.92. The van der Waals surface area contributed by atoms with E-state index in [9.17, 15) is 0 Å². The Morgan fingerprint density at radius 3 is 2.28 bits per heavy atom. The smallest absolute Gasteiger partial charge is 0.258 e. The van der Waals surface area contributed by atoms with Crippen molar-refractivity contribution >= 4 is 28.6 Å². The molecule has 6 heteroatoms. The number of anilines is 1. The summed E-state index contributed by atoms with van der Waals surface area (Å²) in [5, 5.41) is 8.56. The fourth-order valence-electron chi connectivity index (χ4n) is 4.84. The molecule has 2 heterocycles. The molecule has 36 heavy (non-hydrogen) atoms. The number of allylic oxidation sites excluding steroid dienone is 1. The van der Waals surface area contributed by atoms with Crippen molar-refractivity contribution in [1.29, 1.82) is 0 Å². The van der Waals surface area contributed by atoms with Gasteiger partial charge in [-0.2, -0.15) is 4.98 Å². The van der Waals surface area contributed by atoms with Gasteiger partial charge < -0.3 is 9.84 Å². The molecule has 5 nitrogen and oxygen atoms in total. The molecule has 0 saturated carbocycles. The SMILES string of the molecule is CC1=C(c2nc(-c3cccc(C)c3)no2)C(c2ccc(C)c(C)c2)NC(=S)N1c1cc(C)cc(C)c1. The zero-order chi connectivity index (χ0) is 25.6. The van der Waals surface area contributed by atoms with E-state index in [-0.39, 0.29) is 6.04 Å². The molecule has 0 bridgehead atoms. The van der Waals surface area contributed by atoms with E-state index in [0.29, 0.717) is 16.8 Å². The summed E-state index contributed by atoms with van der Waals surface area (Å²) in [5.74, 6) is 1.05. The molecule has 1 aliphatic heterocycles. The number of rotatable bonds is 4. The second-order valence-corrected chi connectivity index (χ2v) is 10.1. The van der Waals surface area contributed by atoms with Crippen LogP contribution in [0.25, 0.3) is 17.0 Å². The van der Waals surface area contributed by atoms with Crippen molar-refractivity contribution in [3.05, 3.63) is 106 Å². The lowest BCUT2D eigenvalue weighted by Crippen LogP contribution is -2.46. The molecule has 0 spiro atoms. The minimum atomic E-state index is -0.218. The maximum Gasteiger partial charge on any atom is 0.258 e. The Bertz CT molecular complexity index is 1500. The van der Waals surface area contributed by atoms with Crippen LogP contribution in [0.3, 0.4) is 0 Å². The third kappa shape index (κ3) is 4.44. The number of benzene rings is 3. The molecule has 1 unspecified atom stereocenters. The molecule has 3 aromatic carbocycles. The molecule has 0 saturated heterocycles. The quantitative estimate of drug-likeness (QED) is 0.304. The summed E-state index contributed by atoms with van der Waals surface area (Å²) < 4.78 is 5.91. The minimum absolute atomic E-state index is 0.218. The van der Waals surface area contributed by atoms with Gasteiger partial charge in [0, 0.05) is 16.9 Å². The Morgan fingerprint density at radius 1 is 0.833 bits per heavy atom. The standard InChI is InChI=1S/C30H30N4OS/c1-17-8-7-9-24(13-17)28-32-29(35-33-28)26-22(6)34(25-14-18(2)12-19(3)15-25)30(36)31-27(26)23-11-10-20(4)21(5)16-23/h7-16,27H,1-6H3,(H,31,36). The van der Waals surface area contributed by atoms with Gasteiger partial charge in [0.15, 0.2) is 5.11 Å². The zero-order valence-corrected chi connectivity index (χ0v) is 22.3. The van der Waals surface area contributed by atoms with Crippen LogP contribution in [0, 0.1) is 34.6 Å². The van der Waals surface area contributed by atoms with Crippen molar-refractivity contribution in [1.82, 2.24) is 15.5 Å². The van der Waals surface area contributed by atoms with Gasteiger partial charge in [0.2, 0.25) is 5.82 Å². The molecule has 1 atom stereocenters. The van der Waals surface area contributed by atoms with Crippen LogP contribution in [0.4, 0.5) is 5.69 Å². The number of aromatic nitrogens is 2. The van der Waals surface area contributed by atoms with E-state index in [1.807, 2.05) is 12.1 Å². The highest BCUT2D eigenvalue weighted by atomic mass is 32.1. The van der Waals surface area contributed by atoms with Crippen LogP contribution in [0.1, 0.15) is 52.2 Å². The van der Waals surface area contributed by atoms with Gasteiger partial charge in [0.1, 0.15) is 0 Å². The lowest BCUT2D eigenvalue weighted by molar-refractivity contribution is 0.404. The van der Waals surface area contributed by atoms with E-state index < -0.39 is 0 Å². The van der Waals surface area contributed by atoms with Gasteiger partial charge in [-0.3, -0.25) is 4.90 Å². The van der Waals surface area contributed by atoms with Crippen molar-refractivity contribution in [2.75, 3.05) is 4.90 Å². The van der Waals surface area contributed by atoms with Crippen LogP contribution in [-0.4, -0.2) is 15.3 Å². The predicted octanol–water partition coefficient (Wildman–Crippen LogP) is 7.15. The fraction of sp³-hybridized carbons (Fsp3) is 0.233. The van der Waals surface area contributed by atoms with E-state index in [2.05, 4.69) is 105 Å². The van der Waals surface area contributed by atoms with Crippen LogP contribution < -0.4 is 10.2 Å². The summed E-state index contributed by atoms with van der Waals surface area (Å²) in [6.07, 6.45) is 0. The van der Waals surface area contributed by atoms with Crippen molar-refractivity contribution in [3.8, 4) is 11.4 Å². The Hall–Kier alpha value is -3.77. The van der Waals surface area contributed by atoms with Gasteiger partial charge in [0.25, 0.3) is 5.89 Å². The average molecular weight is 495 g/mol. The number of nitrogens with zero attached hydrogens (tertiary/aromatic N) is 3. The Kier molecular flexibility index (Phi) is 6.22. The fourth-order valence-corrected chi connectivity index (χ4v) is 5.20. The second-order valence-electron chi connectivity index (χ2n) is 9.70. The monoisotopic (exact) mass is 494 g/mol. The molecule has 1 aromatic heterocycles. The molecule has 182 valence electrons. The van der Waals surface area contributed by atoms with Crippen LogP contribution in [-0.2, 0) is 0 Å². The number of hydrogen-bond donors (Lipinski definition) is 1. The lowest BCUT2D eigenvalue weighted by atomic mass is 9.92. The first-order chi connectivity index (χ1) is 17.2. The maximum absolute atomic E-state index is 5.92. The number of thiocarbonyl (C=S) groups is 1. The Balaban J connectivity index is 1.69. The van der Waals surface area contributed by atoms with Gasteiger partial charge in [-0.1, -0.05) is 53.2 Å². The molecule has 1 N–H and O–H groups in total. The summed E-state index contributed by atoms with van der Waals surface area (Å²) in [5.41, 5.74) is 10.9. The van der Waals surface area contributed by atoms with Crippen LogP contribution in [0.15, 0.2) is 70.9 Å². The molecule has 0 fully saturated rings. The molecule has 5 rings (SSSR count). The summed E-state index contributed by atoms with van der Waals surface area (Å²) in [6, 6.07) is 20.8. The van der Waals surface area contributed by atoms with E-state index in [1.165, 1.54) is 22.3 Å². The van der Waals surface area contributed by atoms with E-state index in [1.54, 1.807) is 0 Å². The van der Waals surface area contributed by atoms with Crippen molar-refractivity contribution in [2.45, 2.75) is 47.6 Å². The number of aryl methyl sites for hydroxylation is 5. The Morgan fingerprint density at radius 2 is 1.58 bits per heavy atom. The van der Waals surface area contributed by atoms with Gasteiger partial charge in [0.05, 0.1) is 11.6 Å². The summed E-state index contributed by atoms with van der Waals surface area (Å²) in [4.78, 5) is 6.92. The molecule has 1 aliphatic rings. The number of hydrogen-bond acceptors (Lipinski definition) is 4. The van der Waals surface area contributed by atoms with E-state index in [4.69, 9.17) is 21.7 Å². The first-order valence-corrected chi connectivity index (χ1v) is 12.5. The third-order valence-corrected chi connectivity index (χ3v) is 7.05. The van der Waals surface area contributed by atoms with Gasteiger partial charge >= 0.3 is 0 Å². The average Bonchev–Trinajstić information content (AvgIpc) is 3.30. The van der Waals surface area contributed by atoms with Crippen LogP contribution in [0.2, 0.25) is 0 Å². The molecule has 4 aromatic rings. The Labute approximate surface area is 217 Å². The first kappa shape index (κ1) is 23.9. The highest BCUT2D eigenvalue weighted by molar-refractivity contribution is 7.80. The molecular formula is C30H30N4OS. The highest BCUT2D eigenvalue weighted by Crippen LogP contribution is 2.40. The minimum Gasteiger partial charge on any atom is -0.351 e. The zero-order valence-electron chi connectivity index (χ0n) is 21.5. The van der Waals surface area contributed by atoms with Gasteiger partial charge in [-0.25, -0.2) is 0 Å². The van der Waals surface area contributed by atoms with Gasteiger partial charge in [-0.05, 0) is 99.8 Å². The van der Waals surface area contributed by atoms with E-state index in [0.717, 1.165) is 33.6 Å². The largest absolute Gasteiger partial charge is 0.351 e. The van der Waals surface area contributed by atoms with Crippen molar-refractivity contribution in [2.24, 2.45) is 0 Å². The van der Waals surface area contributed by atoms with Crippen LogP contribution >= 0.6 is 12.2 Å². The molecule has 0 aliphatic carbocycles. The van der Waals surface area contributed by atoms with Crippen molar-refractivity contribution in [3.63, 3.8) is 0 Å². The van der Waals surface area contributed by atoms with Crippen molar-refractivity contribution < 1.29 is 4.52 Å². The lowest BCUT2D eigenvalue weighted by Gasteiger charge is -2.37. The van der Waals surface area contributed by atoms with Gasteiger partial charge in [-0.15, -0.1) is 0 Å².